The molecule has 1 aliphatic rings. The zero-order chi connectivity index (χ0) is 9.68. The monoisotopic (exact) mass is 182 g/mol. The molecule has 13 heavy (non-hydrogen) atoms. The van der Waals surface area contributed by atoms with Crippen LogP contribution in [0.25, 0.3) is 0 Å². The maximum absolute atomic E-state index is 10.8. The van der Waals surface area contributed by atoms with Crippen molar-refractivity contribution in [3.63, 3.8) is 0 Å². The summed E-state index contributed by atoms with van der Waals surface area (Å²) in [6.07, 6.45) is 3.96. The lowest BCUT2D eigenvalue weighted by Gasteiger charge is -2.19. The average Bonchev–Trinajstić information content (AvgIpc) is 2.95. The number of carbonyl (C=O) groups excluding carboxylic acids is 1. The van der Waals surface area contributed by atoms with Crippen LogP contribution in [0.1, 0.15) is 19.8 Å². The van der Waals surface area contributed by atoms with Gasteiger partial charge >= 0.3 is 0 Å². The zero-order valence-corrected chi connectivity index (χ0v) is 8.25. The molecule has 0 spiro atoms. The second-order valence-corrected chi connectivity index (χ2v) is 3.35. The van der Waals surface area contributed by atoms with E-state index in [9.17, 15) is 4.79 Å². The van der Waals surface area contributed by atoms with E-state index in [0.29, 0.717) is 0 Å². The van der Waals surface area contributed by atoms with E-state index in [1.54, 1.807) is 0 Å². The molecule has 0 aromatic heterocycles. The fourth-order valence-corrected chi connectivity index (χ4v) is 1.43. The number of amides is 1. The summed E-state index contributed by atoms with van der Waals surface area (Å²) >= 11 is 0. The molecule has 0 aromatic rings. The molecule has 0 unspecified atom stereocenters. The summed E-state index contributed by atoms with van der Waals surface area (Å²) in [6, 6.07) is 0.783. The molecule has 0 bridgehead atoms. The Bertz CT molecular complexity index is 187. The van der Waals surface area contributed by atoms with Crippen LogP contribution in [0.2, 0.25) is 0 Å². The van der Waals surface area contributed by atoms with Gasteiger partial charge in [0.15, 0.2) is 0 Å². The predicted octanol–water partition coefficient (Wildman–Crippen LogP) is 0.773. The first kappa shape index (κ1) is 10.3. The summed E-state index contributed by atoms with van der Waals surface area (Å²) in [4.78, 5) is 13.2. The molecule has 1 fully saturated rings. The van der Waals surface area contributed by atoms with Crippen LogP contribution in [0.4, 0.5) is 0 Å². The maximum atomic E-state index is 10.8. The summed E-state index contributed by atoms with van der Waals surface area (Å²) in [5.41, 5.74) is 0. The lowest BCUT2D eigenvalue weighted by Crippen LogP contribution is -2.35. The maximum Gasteiger partial charge on any atom is 0.243 e. The molecule has 3 heteroatoms. The Kier molecular flexibility index (Phi) is 3.96. The van der Waals surface area contributed by atoms with E-state index in [1.165, 1.54) is 18.9 Å². The lowest BCUT2D eigenvalue weighted by molar-refractivity contribution is -0.116. The highest BCUT2D eigenvalue weighted by atomic mass is 16.1. The average molecular weight is 182 g/mol. The largest absolute Gasteiger partial charge is 0.351 e. The van der Waals surface area contributed by atoms with E-state index in [4.69, 9.17) is 0 Å². The normalized spacial score (nSPS) is 15.8. The van der Waals surface area contributed by atoms with Gasteiger partial charge in [-0.2, -0.15) is 0 Å². The van der Waals surface area contributed by atoms with Crippen LogP contribution in [0, 0.1) is 0 Å². The highest BCUT2D eigenvalue weighted by molar-refractivity contribution is 5.86. The minimum absolute atomic E-state index is 0.0770. The van der Waals surface area contributed by atoms with Crippen LogP contribution in [0.15, 0.2) is 12.7 Å². The third kappa shape index (κ3) is 3.59. The minimum Gasteiger partial charge on any atom is -0.351 e. The van der Waals surface area contributed by atoms with Crippen molar-refractivity contribution in [1.29, 1.82) is 0 Å². The summed E-state index contributed by atoms with van der Waals surface area (Å²) in [5.74, 6) is -0.0770. The number of nitrogens with one attached hydrogen (secondary N) is 1. The second-order valence-electron chi connectivity index (χ2n) is 3.35. The van der Waals surface area contributed by atoms with Gasteiger partial charge < -0.3 is 5.32 Å². The van der Waals surface area contributed by atoms with Crippen LogP contribution in [-0.2, 0) is 4.79 Å². The second kappa shape index (κ2) is 5.02. The Morgan fingerprint density at radius 3 is 2.85 bits per heavy atom. The van der Waals surface area contributed by atoms with Crippen LogP contribution < -0.4 is 5.32 Å². The molecule has 0 aromatic carbocycles. The first-order chi connectivity index (χ1) is 6.27. The highest BCUT2D eigenvalue weighted by Crippen LogP contribution is 2.25. The molecule has 1 aliphatic carbocycles. The van der Waals surface area contributed by atoms with Crippen LogP contribution in [0.5, 0.6) is 0 Å². The molecule has 0 radical (unpaired) electrons. The van der Waals surface area contributed by atoms with Crippen LogP contribution in [-0.4, -0.2) is 36.5 Å². The van der Waals surface area contributed by atoms with Gasteiger partial charge in [0, 0.05) is 19.1 Å². The predicted molar refractivity (Wildman–Crippen MR) is 53.5 cm³/mol. The number of carbonyl (C=O) groups is 1. The highest BCUT2D eigenvalue weighted by Gasteiger charge is 2.27. The van der Waals surface area contributed by atoms with Crippen molar-refractivity contribution in [2.75, 3.05) is 19.6 Å². The van der Waals surface area contributed by atoms with Crippen LogP contribution >= 0.6 is 0 Å². The molecule has 0 atom stereocenters. The topological polar surface area (TPSA) is 32.3 Å². The first-order valence-corrected chi connectivity index (χ1v) is 4.92. The Hall–Kier alpha value is -0.830. The lowest BCUT2D eigenvalue weighted by atomic mass is 10.4. The van der Waals surface area contributed by atoms with Crippen molar-refractivity contribution in [3.05, 3.63) is 12.7 Å². The van der Waals surface area contributed by atoms with E-state index in [1.807, 2.05) is 0 Å². The Balaban J connectivity index is 2.09. The number of nitrogens with zero attached hydrogens (tertiary/aromatic N) is 1. The van der Waals surface area contributed by atoms with Gasteiger partial charge in [-0.1, -0.05) is 13.5 Å². The summed E-state index contributed by atoms with van der Waals surface area (Å²) < 4.78 is 0. The third-order valence-corrected chi connectivity index (χ3v) is 2.35. The van der Waals surface area contributed by atoms with Crippen molar-refractivity contribution in [2.24, 2.45) is 0 Å². The fourth-order valence-electron chi connectivity index (χ4n) is 1.43. The van der Waals surface area contributed by atoms with Gasteiger partial charge in [0.25, 0.3) is 0 Å². The molecule has 0 heterocycles. The number of hydrogen-bond acceptors (Lipinski definition) is 2. The SMILES string of the molecule is C=CC(=O)NCCN(CC)C1CC1. The van der Waals surface area contributed by atoms with Crippen molar-refractivity contribution in [1.82, 2.24) is 10.2 Å². The van der Waals surface area contributed by atoms with E-state index in [0.717, 1.165) is 25.7 Å². The quantitative estimate of drug-likeness (QED) is 0.615. The molecule has 0 aliphatic heterocycles. The van der Waals surface area contributed by atoms with E-state index in [2.05, 4.69) is 23.7 Å². The smallest absolute Gasteiger partial charge is 0.243 e. The number of rotatable bonds is 6. The molecule has 0 saturated heterocycles. The number of likely N-dealkylation sites (N-methyl/N-ethyl adjacent to an activating group) is 1. The molecule has 1 amide bonds. The molecular weight excluding hydrogens is 164 g/mol. The zero-order valence-electron chi connectivity index (χ0n) is 8.25. The van der Waals surface area contributed by atoms with Gasteiger partial charge in [-0.25, -0.2) is 0 Å². The summed E-state index contributed by atoms with van der Waals surface area (Å²) in [5, 5.41) is 2.78. The van der Waals surface area contributed by atoms with Crippen molar-refractivity contribution in [2.45, 2.75) is 25.8 Å². The van der Waals surface area contributed by atoms with Gasteiger partial charge in [0.1, 0.15) is 0 Å². The fraction of sp³-hybridized carbons (Fsp3) is 0.700. The van der Waals surface area contributed by atoms with E-state index in [-0.39, 0.29) is 5.91 Å². The molecule has 3 nitrogen and oxygen atoms in total. The Morgan fingerprint density at radius 2 is 2.38 bits per heavy atom. The molecule has 1 saturated carbocycles. The van der Waals surface area contributed by atoms with Gasteiger partial charge in [0.2, 0.25) is 5.91 Å². The minimum atomic E-state index is -0.0770. The van der Waals surface area contributed by atoms with E-state index >= 15 is 0 Å². The molecule has 1 rings (SSSR count). The Morgan fingerprint density at radius 1 is 1.69 bits per heavy atom. The Labute approximate surface area is 79.8 Å². The van der Waals surface area contributed by atoms with Gasteiger partial charge in [-0.3, -0.25) is 9.69 Å². The summed E-state index contributed by atoms with van der Waals surface area (Å²) in [7, 11) is 0. The van der Waals surface area contributed by atoms with Gasteiger partial charge in [-0.05, 0) is 25.5 Å². The van der Waals surface area contributed by atoms with E-state index < -0.39 is 0 Å². The molecular formula is C10H18N2O. The third-order valence-electron chi connectivity index (χ3n) is 2.35. The van der Waals surface area contributed by atoms with Crippen LogP contribution in [0.3, 0.4) is 0 Å². The van der Waals surface area contributed by atoms with Crippen molar-refractivity contribution < 1.29 is 4.79 Å². The first-order valence-electron chi connectivity index (χ1n) is 4.92. The molecule has 74 valence electrons. The van der Waals surface area contributed by atoms with Crippen molar-refractivity contribution in [3.8, 4) is 0 Å². The van der Waals surface area contributed by atoms with Crippen molar-refractivity contribution >= 4 is 5.91 Å². The van der Waals surface area contributed by atoms with Gasteiger partial charge in [-0.15, -0.1) is 0 Å². The molecule has 1 N–H and O–H groups in total. The van der Waals surface area contributed by atoms with Gasteiger partial charge in [0.05, 0.1) is 0 Å². The number of hydrogen-bond donors (Lipinski definition) is 1. The summed E-state index contributed by atoms with van der Waals surface area (Å²) in [6.45, 7) is 8.33. The standard InChI is InChI=1S/C10H18N2O/c1-3-10(13)11-7-8-12(4-2)9-5-6-9/h3,9H,1,4-8H2,2H3,(H,11,13).